The van der Waals surface area contributed by atoms with Gasteiger partial charge >= 0.3 is 0 Å². The molecule has 1 heterocycles. The standard InChI is InChI=1S/C24H18FNO3S/c25-20-9-5-4-8-18(20)15-26-23(28)22(30-24(26)29)14-19-13-17(10-11-21(19)27)12-16-6-2-1-3-7-16/h1-11,13-14,27H,12,15H2/b22-14-. The van der Waals surface area contributed by atoms with Gasteiger partial charge < -0.3 is 5.11 Å². The molecule has 2 amide bonds. The molecule has 0 aromatic heterocycles. The van der Waals surface area contributed by atoms with E-state index in [1.807, 2.05) is 36.4 Å². The molecule has 3 aromatic rings. The Balaban J connectivity index is 1.57. The number of carbonyl (C=O) groups is 2. The molecule has 1 aliphatic rings. The Kier molecular flexibility index (Phi) is 5.68. The summed E-state index contributed by atoms with van der Waals surface area (Å²) >= 11 is 0.785. The molecule has 30 heavy (non-hydrogen) atoms. The van der Waals surface area contributed by atoms with Gasteiger partial charge in [-0.1, -0.05) is 54.6 Å². The molecule has 0 aliphatic carbocycles. The van der Waals surface area contributed by atoms with Crippen molar-refractivity contribution < 1.29 is 19.1 Å². The number of phenols is 1. The maximum atomic E-state index is 13.9. The summed E-state index contributed by atoms with van der Waals surface area (Å²) < 4.78 is 13.9. The van der Waals surface area contributed by atoms with Crippen LogP contribution in [-0.2, 0) is 17.8 Å². The maximum Gasteiger partial charge on any atom is 0.293 e. The Morgan fingerprint density at radius 1 is 0.933 bits per heavy atom. The van der Waals surface area contributed by atoms with Crippen LogP contribution in [0.3, 0.4) is 0 Å². The molecule has 0 radical (unpaired) electrons. The van der Waals surface area contributed by atoms with Gasteiger partial charge in [-0.25, -0.2) is 4.39 Å². The summed E-state index contributed by atoms with van der Waals surface area (Å²) in [5.41, 5.74) is 2.82. The number of benzene rings is 3. The van der Waals surface area contributed by atoms with E-state index < -0.39 is 17.0 Å². The first kappa shape index (κ1) is 19.9. The molecule has 0 spiro atoms. The number of hydrogen-bond donors (Lipinski definition) is 1. The third-order valence-electron chi connectivity index (χ3n) is 4.79. The highest BCUT2D eigenvalue weighted by atomic mass is 32.2. The molecule has 4 nitrogen and oxygen atoms in total. The molecule has 1 N–H and O–H groups in total. The monoisotopic (exact) mass is 419 g/mol. The van der Waals surface area contributed by atoms with Gasteiger partial charge in [-0.3, -0.25) is 14.5 Å². The van der Waals surface area contributed by atoms with E-state index in [2.05, 4.69) is 0 Å². The fraction of sp³-hybridized carbons (Fsp3) is 0.0833. The lowest BCUT2D eigenvalue weighted by molar-refractivity contribution is -0.123. The zero-order chi connectivity index (χ0) is 21.1. The van der Waals surface area contributed by atoms with E-state index in [-0.39, 0.29) is 22.8 Å². The van der Waals surface area contributed by atoms with Crippen LogP contribution in [0.2, 0.25) is 0 Å². The molecule has 0 bridgehead atoms. The first-order valence-corrected chi connectivity index (χ1v) is 10.2. The molecule has 0 saturated carbocycles. The Hall–Kier alpha value is -3.38. The quantitative estimate of drug-likeness (QED) is 0.566. The number of carbonyl (C=O) groups excluding carboxylic acids is 2. The Morgan fingerprint density at radius 2 is 1.67 bits per heavy atom. The van der Waals surface area contributed by atoms with Crippen molar-refractivity contribution in [2.24, 2.45) is 0 Å². The summed E-state index contributed by atoms with van der Waals surface area (Å²) in [6.45, 7) is -0.130. The maximum absolute atomic E-state index is 13.9. The fourth-order valence-corrected chi connectivity index (χ4v) is 4.06. The zero-order valence-corrected chi connectivity index (χ0v) is 16.7. The van der Waals surface area contributed by atoms with Gasteiger partial charge in [-0.15, -0.1) is 0 Å². The van der Waals surface area contributed by atoms with Crippen molar-refractivity contribution in [3.63, 3.8) is 0 Å². The Labute approximate surface area is 177 Å². The number of amides is 2. The third-order valence-corrected chi connectivity index (χ3v) is 5.70. The van der Waals surface area contributed by atoms with Crippen LogP contribution in [0.5, 0.6) is 5.75 Å². The zero-order valence-electron chi connectivity index (χ0n) is 15.9. The average molecular weight is 419 g/mol. The minimum atomic E-state index is -0.499. The highest BCUT2D eigenvalue weighted by Gasteiger charge is 2.35. The van der Waals surface area contributed by atoms with Crippen LogP contribution in [-0.4, -0.2) is 21.2 Å². The van der Waals surface area contributed by atoms with E-state index in [0.29, 0.717) is 12.0 Å². The normalized spacial score (nSPS) is 15.2. The lowest BCUT2D eigenvalue weighted by atomic mass is 10.0. The lowest BCUT2D eigenvalue weighted by Gasteiger charge is -2.12. The van der Waals surface area contributed by atoms with E-state index in [0.717, 1.165) is 27.8 Å². The van der Waals surface area contributed by atoms with Crippen molar-refractivity contribution in [2.45, 2.75) is 13.0 Å². The minimum Gasteiger partial charge on any atom is -0.507 e. The number of rotatable bonds is 5. The Bertz CT molecular complexity index is 1140. The van der Waals surface area contributed by atoms with Crippen LogP contribution < -0.4 is 0 Å². The highest BCUT2D eigenvalue weighted by Crippen LogP contribution is 2.35. The summed E-state index contributed by atoms with van der Waals surface area (Å²) in [5, 5.41) is 9.77. The molecule has 6 heteroatoms. The van der Waals surface area contributed by atoms with Crippen LogP contribution in [0, 0.1) is 5.82 Å². The second kappa shape index (κ2) is 8.55. The van der Waals surface area contributed by atoms with Gasteiger partial charge in [-0.2, -0.15) is 0 Å². The minimum absolute atomic E-state index is 0.0210. The lowest BCUT2D eigenvalue weighted by Crippen LogP contribution is -2.27. The predicted molar refractivity (Wildman–Crippen MR) is 115 cm³/mol. The van der Waals surface area contributed by atoms with Crippen molar-refractivity contribution in [3.05, 3.63) is 106 Å². The molecule has 3 aromatic carbocycles. The van der Waals surface area contributed by atoms with Gasteiger partial charge in [0.1, 0.15) is 11.6 Å². The molecule has 1 aliphatic heterocycles. The molecule has 0 atom stereocenters. The fourth-order valence-electron chi connectivity index (χ4n) is 3.24. The molecule has 1 saturated heterocycles. The summed E-state index contributed by atoms with van der Waals surface area (Å²) in [4.78, 5) is 26.3. The summed E-state index contributed by atoms with van der Waals surface area (Å²) in [5.74, 6) is -0.944. The second-order valence-electron chi connectivity index (χ2n) is 6.91. The van der Waals surface area contributed by atoms with Crippen LogP contribution in [0.15, 0.2) is 77.7 Å². The number of aromatic hydroxyl groups is 1. The van der Waals surface area contributed by atoms with Crippen LogP contribution in [0.25, 0.3) is 6.08 Å². The van der Waals surface area contributed by atoms with Crippen LogP contribution in [0.4, 0.5) is 9.18 Å². The first-order chi connectivity index (χ1) is 14.5. The van der Waals surface area contributed by atoms with E-state index in [1.54, 1.807) is 30.3 Å². The number of hydrogen-bond acceptors (Lipinski definition) is 4. The second-order valence-corrected chi connectivity index (χ2v) is 7.91. The molecule has 4 rings (SSSR count). The first-order valence-electron chi connectivity index (χ1n) is 9.36. The number of thioether (sulfide) groups is 1. The van der Waals surface area contributed by atoms with E-state index in [9.17, 15) is 19.1 Å². The molecular formula is C24H18FNO3S. The topological polar surface area (TPSA) is 57.6 Å². The Morgan fingerprint density at radius 3 is 2.43 bits per heavy atom. The summed E-state index contributed by atoms with van der Waals surface area (Å²) in [6, 6.07) is 21.1. The van der Waals surface area contributed by atoms with Gasteiger partial charge in [0.2, 0.25) is 0 Å². The molecule has 1 fully saturated rings. The van der Waals surface area contributed by atoms with E-state index >= 15 is 0 Å². The van der Waals surface area contributed by atoms with Gasteiger partial charge in [0, 0.05) is 11.1 Å². The van der Waals surface area contributed by atoms with Gasteiger partial charge in [-0.05, 0) is 53.6 Å². The van der Waals surface area contributed by atoms with Gasteiger partial charge in [0.25, 0.3) is 11.1 Å². The van der Waals surface area contributed by atoms with Gasteiger partial charge in [0.05, 0.1) is 11.4 Å². The van der Waals surface area contributed by atoms with Crippen molar-refractivity contribution in [1.29, 1.82) is 0 Å². The molecular weight excluding hydrogens is 401 g/mol. The third kappa shape index (κ3) is 4.28. The van der Waals surface area contributed by atoms with Crippen molar-refractivity contribution in [2.75, 3.05) is 0 Å². The summed E-state index contributed by atoms with van der Waals surface area (Å²) in [7, 11) is 0. The molecule has 0 unspecified atom stereocenters. The number of phenolic OH excluding ortho intramolecular Hbond substituents is 1. The van der Waals surface area contributed by atoms with E-state index in [1.165, 1.54) is 12.1 Å². The van der Waals surface area contributed by atoms with Crippen LogP contribution >= 0.6 is 11.8 Å². The van der Waals surface area contributed by atoms with Crippen molar-refractivity contribution >= 4 is 29.0 Å². The number of nitrogens with zero attached hydrogens (tertiary/aromatic N) is 1. The van der Waals surface area contributed by atoms with Gasteiger partial charge in [0.15, 0.2) is 0 Å². The largest absolute Gasteiger partial charge is 0.507 e. The average Bonchev–Trinajstić information content (AvgIpc) is 3.00. The molecule has 150 valence electrons. The van der Waals surface area contributed by atoms with E-state index in [4.69, 9.17) is 0 Å². The number of halogens is 1. The number of imide groups is 1. The van der Waals surface area contributed by atoms with Crippen molar-refractivity contribution in [1.82, 2.24) is 4.90 Å². The predicted octanol–water partition coefficient (Wildman–Crippen LogP) is 5.36. The SMILES string of the molecule is O=C1S/C(=C\c2cc(Cc3ccccc3)ccc2O)C(=O)N1Cc1ccccc1F. The van der Waals surface area contributed by atoms with Crippen molar-refractivity contribution in [3.8, 4) is 5.75 Å². The smallest absolute Gasteiger partial charge is 0.293 e. The highest BCUT2D eigenvalue weighted by molar-refractivity contribution is 8.18. The van der Waals surface area contributed by atoms with Crippen LogP contribution in [0.1, 0.15) is 22.3 Å². The summed E-state index contributed by atoms with van der Waals surface area (Å²) in [6.07, 6.45) is 2.19.